The molecule has 0 saturated carbocycles. The van der Waals surface area contributed by atoms with E-state index in [2.05, 4.69) is 4.72 Å². The molecule has 20 heavy (non-hydrogen) atoms. The normalized spacial score (nSPS) is 11.7. The lowest BCUT2D eigenvalue weighted by Crippen LogP contribution is -2.10. The zero-order chi connectivity index (χ0) is 14.4. The monoisotopic (exact) mass is 289 g/mol. The number of hydrogen-bond donors (Lipinski definition) is 2. The Kier molecular flexibility index (Phi) is 4.55. The van der Waals surface area contributed by atoms with E-state index in [4.69, 9.17) is 0 Å². The number of hydrogen-bond acceptors (Lipinski definition) is 3. The minimum Gasteiger partial charge on any atom is -0.392 e. The van der Waals surface area contributed by atoms with Crippen molar-refractivity contribution in [1.82, 2.24) is 0 Å². The first-order chi connectivity index (χ1) is 9.61. The van der Waals surface area contributed by atoms with Crippen LogP contribution >= 0.6 is 0 Å². The number of nitrogens with one attached hydrogen (secondary N) is 1. The molecule has 0 amide bonds. The Morgan fingerprint density at radius 1 is 1.00 bits per heavy atom. The van der Waals surface area contributed by atoms with E-state index >= 15 is 0 Å². The molecule has 0 aliphatic heterocycles. The summed E-state index contributed by atoms with van der Waals surface area (Å²) >= 11 is 0. The average molecular weight is 289 g/mol. The maximum atomic E-state index is 12.0. The van der Waals surface area contributed by atoms with Crippen molar-refractivity contribution in [2.75, 3.05) is 4.72 Å². The highest BCUT2D eigenvalue weighted by Gasteiger charge is 2.08. The van der Waals surface area contributed by atoms with E-state index in [0.29, 0.717) is 11.3 Å². The lowest BCUT2D eigenvalue weighted by Gasteiger charge is -2.08. The fourth-order valence-corrected chi connectivity index (χ4v) is 2.59. The fourth-order valence-electron chi connectivity index (χ4n) is 1.68. The molecule has 4 nitrogen and oxygen atoms in total. The predicted octanol–water partition coefficient (Wildman–Crippen LogP) is 2.59. The van der Waals surface area contributed by atoms with Crippen molar-refractivity contribution in [2.24, 2.45) is 0 Å². The Morgan fingerprint density at radius 3 is 2.35 bits per heavy atom. The van der Waals surface area contributed by atoms with E-state index in [1.807, 2.05) is 30.3 Å². The minimum absolute atomic E-state index is 0.221. The van der Waals surface area contributed by atoms with Gasteiger partial charge in [0.05, 0.1) is 17.7 Å². The quantitative estimate of drug-likeness (QED) is 0.889. The first kappa shape index (κ1) is 14.3. The van der Waals surface area contributed by atoms with Gasteiger partial charge in [0, 0.05) is 5.56 Å². The van der Waals surface area contributed by atoms with E-state index in [1.54, 1.807) is 24.3 Å². The number of benzene rings is 2. The smallest absolute Gasteiger partial charge is 0.255 e. The summed E-state index contributed by atoms with van der Waals surface area (Å²) in [6, 6.07) is 15.9. The van der Waals surface area contributed by atoms with Gasteiger partial charge >= 0.3 is 0 Å². The Morgan fingerprint density at radius 2 is 1.65 bits per heavy atom. The minimum atomic E-state index is -3.61. The summed E-state index contributed by atoms with van der Waals surface area (Å²) < 4.78 is 26.4. The highest BCUT2D eigenvalue weighted by molar-refractivity contribution is 7.95. The van der Waals surface area contributed by atoms with E-state index in [0.717, 1.165) is 11.0 Å². The second-order valence-electron chi connectivity index (χ2n) is 4.18. The van der Waals surface area contributed by atoms with Gasteiger partial charge in [0.25, 0.3) is 10.0 Å². The molecule has 0 saturated heterocycles. The summed E-state index contributed by atoms with van der Waals surface area (Å²) in [6.45, 7) is -0.221. The summed E-state index contributed by atoms with van der Waals surface area (Å²) in [5.41, 5.74) is 1.71. The largest absolute Gasteiger partial charge is 0.392 e. The van der Waals surface area contributed by atoms with E-state index in [1.165, 1.54) is 6.08 Å². The van der Waals surface area contributed by atoms with Crippen molar-refractivity contribution >= 4 is 21.8 Å². The van der Waals surface area contributed by atoms with Crippen molar-refractivity contribution in [1.29, 1.82) is 0 Å². The molecule has 0 unspecified atom stereocenters. The van der Waals surface area contributed by atoms with Crippen molar-refractivity contribution in [3.8, 4) is 0 Å². The SMILES string of the molecule is O=S(=O)(C=Cc1ccccc1)Nc1ccccc1CO. The fraction of sp³-hybridized carbons (Fsp3) is 0.0667. The molecule has 5 heteroatoms. The third kappa shape index (κ3) is 3.94. The summed E-state index contributed by atoms with van der Waals surface area (Å²) in [5, 5.41) is 10.3. The van der Waals surface area contributed by atoms with Crippen LogP contribution in [0, 0.1) is 0 Å². The molecule has 104 valence electrons. The lowest BCUT2D eigenvalue weighted by molar-refractivity contribution is 0.282. The number of sulfonamides is 1. The number of aliphatic hydroxyl groups is 1. The van der Waals surface area contributed by atoms with Crippen LogP contribution in [0.25, 0.3) is 6.08 Å². The predicted molar refractivity (Wildman–Crippen MR) is 80.4 cm³/mol. The zero-order valence-electron chi connectivity index (χ0n) is 10.7. The average Bonchev–Trinajstić information content (AvgIpc) is 2.47. The molecule has 2 N–H and O–H groups in total. The highest BCUT2D eigenvalue weighted by atomic mass is 32.2. The Hall–Kier alpha value is -2.11. The molecule has 0 fully saturated rings. The van der Waals surface area contributed by atoms with Crippen molar-refractivity contribution in [3.63, 3.8) is 0 Å². The van der Waals surface area contributed by atoms with Gasteiger partial charge in [0.15, 0.2) is 0 Å². The zero-order valence-corrected chi connectivity index (χ0v) is 11.5. The first-order valence-corrected chi connectivity index (χ1v) is 7.60. The summed E-state index contributed by atoms with van der Waals surface area (Å²) in [4.78, 5) is 0. The first-order valence-electron chi connectivity index (χ1n) is 6.05. The molecule has 0 spiro atoms. The molecule has 0 heterocycles. The van der Waals surface area contributed by atoms with Gasteiger partial charge in [-0.2, -0.15) is 0 Å². The molecule has 2 aromatic carbocycles. The van der Waals surface area contributed by atoms with E-state index in [-0.39, 0.29) is 6.61 Å². The molecule has 2 rings (SSSR count). The third-order valence-electron chi connectivity index (χ3n) is 2.68. The second-order valence-corrected chi connectivity index (χ2v) is 5.74. The molecule has 0 radical (unpaired) electrons. The number of anilines is 1. The standard InChI is InChI=1S/C15H15NO3S/c17-12-14-8-4-5-9-15(14)16-20(18,19)11-10-13-6-2-1-3-7-13/h1-11,16-17H,12H2. The van der Waals surface area contributed by atoms with E-state index < -0.39 is 10.0 Å². The summed E-state index contributed by atoms with van der Waals surface area (Å²) in [7, 11) is -3.61. The van der Waals surface area contributed by atoms with Crippen LogP contribution in [0.4, 0.5) is 5.69 Å². The molecule has 0 bridgehead atoms. The molecule has 0 aliphatic carbocycles. The third-order valence-corrected chi connectivity index (χ3v) is 3.68. The topological polar surface area (TPSA) is 66.4 Å². The van der Waals surface area contributed by atoms with Crippen molar-refractivity contribution in [3.05, 3.63) is 71.1 Å². The van der Waals surface area contributed by atoms with Crippen LogP contribution in [0.15, 0.2) is 60.0 Å². The van der Waals surface area contributed by atoms with Gasteiger partial charge in [-0.1, -0.05) is 48.5 Å². The van der Waals surface area contributed by atoms with Gasteiger partial charge in [-0.05, 0) is 17.7 Å². The van der Waals surface area contributed by atoms with Gasteiger partial charge in [-0.3, -0.25) is 4.72 Å². The Bertz CT molecular complexity index is 694. The maximum absolute atomic E-state index is 12.0. The van der Waals surface area contributed by atoms with Gasteiger partial charge < -0.3 is 5.11 Å². The summed E-state index contributed by atoms with van der Waals surface area (Å²) in [5.74, 6) is 0. The molecule has 0 aromatic heterocycles. The van der Waals surface area contributed by atoms with Crippen molar-refractivity contribution < 1.29 is 13.5 Å². The van der Waals surface area contributed by atoms with E-state index in [9.17, 15) is 13.5 Å². The summed E-state index contributed by atoms with van der Waals surface area (Å²) in [6.07, 6.45) is 1.52. The maximum Gasteiger partial charge on any atom is 0.255 e. The van der Waals surface area contributed by atoms with Crippen LogP contribution in [-0.2, 0) is 16.6 Å². The van der Waals surface area contributed by atoms with Crippen LogP contribution in [0.5, 0.6) is 0 Å². The van der Waals surface area contributed by atoms with Crippen LogP contribution in [0.1, 0.15) is 11.1 Å². The Labute approximate surface area is 118 Å². The highest BCUT2D eigenvalue weighted by Crippen LogP contribution is 2.17. The molecule has 0 atom stereocenters. The molecular formula is C15H15NO3S. The van der Waals surface area contributed by atoms with Crippen molar-refractivity contribution in [2.45, 2.75) is 6.61 Å². The van der Waals surface area contributed by atoms with Crippen LogP contribution in [-0.4, -0.2) is 13.5 Å². The Balaban J connectivity index is 2.18. The molecular weight excluding hydrogens is 274 g/mol. The van der Waals surface area contributed by atoms with Gasteiger partial charge in [-0.25, -0.2) is 8.42 Å². The lowest BCUT2D eigenvalue weighted by atomic mass is 10.2. The van der Waals surface area contributed by atoms with Crippen LogP contribution < -0.4 is 4.72 Å². The van der Waals surface area contributed by atoms with Crippen LogP contribution in [0.3, 0.4) is 0 Å². The van der Waals surface area contributed by atoms with Gasteiger partial charge in [0.2, 0.25) is 0 Å². The number of rotatable bonds is 5. The number of aliphatic hydroxyl groups excluding tert-OH is 1. The van der Waals surface area contributed by atoms with Crippen LogP contribution in [0.2, 0.25) is 0 Å². The number of para-hydroxylation sites is 1. The van der Waals surface area contributed by atoms with Gasteiger partial charge in [-0.15, -0.1) is 0 Å². The van der Waals surface area contributed by atoms with Gasteiger partial charge in [0.1, 0.15) is 0 Å². The second kappa shape index (κ2) is 6.36. The molecule has 0 aliphatic rings. The molecule has 2 aromatic rings.